The lowest BCUT2D eigenvalue weighted by molar-refractivity contribution is -0.114. The third kappa shape index (κ3) is 5.63. The van der Waals surface area contributed by atoms with Crippen molar-refractivity contribution in [3.8, 4) is 6.07 Å². The number of ether oxygens (including phenoxy) is 2. The Morgan fingerprint density at radius 1 is 1.14 bits per heavy atom. The number of hydrogen-bond donors (Lipinski definition) is 0. The smallest absolute Gasteiger partial charge is 0.348 e. The molecule has 0 saturated carbocycles. The molecule has 9 heteroatoms. The number of thiophene rings is 2. The Balaban J connectivity index is 2.41. The van der Waals surface area contributed by atoms with E-state index in [9.17, 15) is 19.6 Å². The summed E-state index contributed by atoms with van der Waals surface area (Å²) >= 11 is 5.75. The summed E-state index contributed by atoms with van der Waals surface area (Å²) in [4.78, 5) is 38.8. The summed E-state index contributed by atoms with van der Waals surface area (Å²) < 4.78 is 11.0. The number of carbonyl (C=O) groups is 3. The van der Waals surface area contributed by atoms with Crippen molar-refractivity contribution in [3.05, 3.63) is 47.3 Å². The highest BCUT2D eigenvalue weighted by atomic mass is 79.9. The van der Waals surface area contributed by atoms with Crippen molar-refractivity contribution >= 4 is 62.4 Å². The van der Waals surface area contributed by atoms with Crippen molar-refractivity contribution in [2.24, 2.45) is 0 Å². The second-order valence-electron chi connectivity index (χ2n) is 5.71. The molecule has 0 fully saturated rings. The van der Waals surface area contributed by atoms with Gasteiger partial charge in [0.2, 0.25) is 0 Å². The van der Waals surface area contributed by atoms with Crippen LogP contribution in [-0.2, 0) is 20.7 Å². The molecule has 2 heterocycles. The summed E-state index contributed by atoms with van der Waals surface area (Å²) in [5.74, 6) is -1.61. The number of carbonyl (C=O) groups excluding carboxylic acids is 3. The molecule has 0 bridgehead atoms. The molecular weight excluding hydrogens is 478 g/mol. The van der Waals surface area contributed by atoms with Crippen LogP contribution in [0.15, 0.2) is 21.5 Å². The highest BCUT2D eigenvalue weighted by molar-refractivity contribution is 9.11. The van der Waals surface area contributed by atoms with E-state index >= 15 is 0 Å². The first-order chi connectivity index (χ1) is 13.8. The van der Waals surface area contributed by atoms with E-state index < -0.39 is 17.7 Å². The summed E-state index contributed by atoms with van der Waals surface area (Å²) in [6.45, 7) is 5.33. The van der Waals surface area contributed by atoms with Gasteiger partial charge < -0.3 is 9.47 Å². The van der Waals surface area contributed by atoms with Gasteiger partial charge >= 0.3 is 11.9 Å². The zero-order valence-corrected chi connectivity index (χ0v) is 19.3. The Hall–Kier alpha value is -2.28. The number of rotatable bonds is 8. The molecule has 0 atom stereocenters. The minimum Gasteiger partial charge on any atom is -0.462 e. The largest absolute Gasteiger partial charge is 0.462 e. The molecule has 0 N–H and O–H groups in total. The molecule has 0 amide bonds. The van der Waals surface area contributed by atoms with Gasteiger partial charge in [-0.25, -0.2) is 9.59 Å². The van der Waals surface area contributed by atoms with Gasteiger partial charge in [0.1, 0.15) is 10.9 Å². The zero-order valence-electron chi connectivity index (χ0n) is 16.0. The summed E-state index contributed by atoms with van der Waals surface area (Å²) in [6, 6.07) is 5.53. The number of Topliss-reactive ketones (excluding diaryl/α,β-unsaturated/α-hetero) is 1. The number of halogens is 1. The Kier molecular flexibility index (Phi) is 8.32. The number of esters is 2. The van der Waals surface area contributed by atoms with Gasteiger partial charge in [-0.05, 0) is 60.5 Å². The molecule has 0 radical (unpaired) electrons. The van der Waals surface area contributed by atoms with E-state index in [-0.39, 0.29) is 35.6 Å². The van der Waals surface area contributed by atoms with E-state index in [1.165, 1.54) is 17.4 Å². The molecule has 0 spiro atoms. The van der Waals surface area contributed by atoms with Gasteiger partial charge in [-0.1, -0.05) is 0 Å². The third-order valence-electron chi connectivity index (χ3n) is 3.78. The van der Waals surface area contributed by atoms with Crippen LogP contribution >= 0.6 is 38.6 Å². The second kappa shape index (κ2) is 10.5. The average Bonchev–Trinajstić information content (AvgIpc) is 3.22. The number of allylic oxidation sites excluding steroid dienone is 1. The Bertz CT molecular complexity index is 1010. The molecule has 0 unspecified atom stereocenters. The van der Waals surface area contributed by atoms with Crippen LogP contribution in [0.1, 0.15) is 49.2 Å². The van der Waals surface area contributed by atoms with Crippen molar-refractivity contribution in [2.75, 3.05) is 13.2 Å². The van der Waals surface area contributed by atoms with Crippen LogP contribution in [0, 0.1) is 18.3 Å². The molecule has 0 saturated heterocycles. The fourth-order valence-corrected chi connectivity index (χ4v) is 5.08. The summed E-state index contributed by atoms with van der Waals surface area (Å²) in [6.07, 6.45) is 1.32. The van der Waals surface area contributed by atoms with Crippen LogP contribution in [-0.4, -0.2) is 30.9 Å². The monoisotopic (exact) mass is 495 g/mol. The van der Waals surface area contributed by atoms with E-state index in [2.05, 4.69) is 15.9 Å². The zero-order chi connectivity index (χ0) is 21.6. The SMILES string of the molecule is CCOC(=O)c1sc(CC(=O)/C(C#N)=C/c2ccc(Br)s2)c(C(=O)OCC)c1C. The van der Waals surface area contributed by atoms with Gasteiger partial charge in [-0.3, -0.25) is 4.79 Å². The fourth-order valence-electron chi connectivity index (χ4n) is 2.52. The highest BCUT2D eigenvalue weighted by Crippen LogP contribution is 2.31. The van der Waals surface area contributed by atoms with Crippen LogP contribution in [0.5, 0.6) is 0 Å². The first-order valence-corrected chi connectivity index (χ1v) is 11.1. The van der Waals surface area contributed by atoms with E-state index in [1.807, 2.05) is 12.1 Å². The first kappa shape index (κ1) is 23.0. The highest BCUT2D eigenvalue weighted by Gasteiger charge is 2.28. The minimum atomic E-state index is -0.607. The summed E-state index contributed by atoms with van der Waals surface area (Å²) in [5, 5.41) is 9.41. The second-order valence-corrected chi connectivity index (χ2v) is 9.31. The molecule has 2 aromatic heterocycles. The van der Waals surface area contributed by atoms with Crippen molar-refractivity contribution in [1.29, 1.82) is 5.26 Å². The van der Waals surface area contributed by atoms with Gasteiger partial charge in [0.05, 0.1) is 28.1 Å². The van der Waals surface area contributed by atoms with Gasteiger partial charge in [0.15, 0.2) is 5.78 Å². The number of ketones is 1. The fraction of sp³-hybridized carbons (Fsp3) is 0.300. The lowest BCUT2D eigenvalue weighted by atomic mass is 10.0. The Morgan fingerprint density at radius 3 is 2.34 bits per heavy atom. The van der Waals surface area contributed by atoms with Crippen molar-refractivity contribution in [2.45, 2.75) is 27.2 Å². The van der Waals surface area contributed by atoms with Gasteiger partial charge in [0, 0.05) is 16.2 Å². The van der Waals surface area contributed by atoms with E-state index in [0.29, 0.717) is 10.4 Å². The van der Waals surface area contributed by atoms with Crippen LogP contribution < -0.4 is 0 Å². The topological polar surface area (TPSA) is 93.5 Å². The van der Waals surface area contributed by atoms with Crippen molar-refractivity contribution in [3.63, 3.8) is 0 Å². The van der Waals surface area contributed by atoms with Gasteiger partial charge in [-0.15, -0.1) is 22.7 Å². The van der Waals surface area contributed by atoms with Gasteiger partial charge in [-0.2, -0.15) is 5.26 Å². The van der Waals surface area contributed by atoms with Crippen LogP contribution in [0.4, 0.5) is 0 Å². The van der Waals surface area contributed by atoms with E-state index in [1.54, 1.807) is 26.8 Å². The lowest BCUT2D eigenvalue weighted by Crippen LogP contribution is -2.12. The number of nitriles is 1. The maximum Gasteiger partial charge on any atom is 0.348 e. The molecule has 6 nitrogen and oxygen atoms in total. The molecule has 152 valence electrons. The molecule has 0 aromatic carbocycles. The van der Waals surface area contributed by atoms with Crippen LogP contribution in [0.3, 0.4) is 0 Å². The summed E-state index contributed by atoms with van der Waals surface area (Å²) in [5.41, 5.74) is 0.571. The Morgan fingerprint density at radius 2 is 1.79 bits per heavy atom. The molecule has 2 rings (SSSR count). The third-order valence-corrected chi connectivity index (χ3v) is 6.63. The van der Waals surface area contributed by atoms with Crippen LogP contribution in [0.2, 0.25) is 0 Å². The minimum absolute atomic E-state index is 0.0297. The van der Waals surface area contributed by atoms with E-state index in [0.717, 1.165) is 20.0 Å². The predicted octanol–water partition coefficient (Wildman–Crippen LogP) is 4.95. The molecule has 2 aromatic rings. The normalized spacial score (nSPS) is 11.1. The molecule has 29 heavy (non-hydrogen) atoms. The van der Waals surface area contributed by atoms with Gasteiger partial charge in [0.25, 0.3) is 0 Å². The quantitative estimate of drug-likeness (QED) is 0.292. The first-order valence-electron chi connectivity index (χ1n) is 8.69. The standard InChI is InChI=1S/C20H18BrNO5S2/c1-4-26-19(24)17-11(3)18(20(25)27-5-2)29-15(17)9-14(23)12(10-22)8-13-6-7-16(21)28-13/h6-8H,4-5,9H2,1-3H3/b12-8+. The maximum absolute atomic E-state index is 12.7. The number of hydrogen-bond acceptors (Lipinski definition) is 8. The van der Waals surface area contributed by atoms with Crippen LogP contribution in [0.25, 0.3) is 6.08 Å². The molecular formula is C20H18BrNO5S2. The summed E-state index contributed by atoms with van der Waals surface area (Å²) in [7, 11) is 0. The molecule has 0 aliphatic heterocycles. The number of nitrogens with zero attached hydrogens (tertiary/aromatic N) is 1. The lowest BCUT2D eigenvalue weighted by Gasteiger charge is -2.05. The van der Waals surface area contributed by atoms with Crippen molar-refractivity contribution < 1.29 is 23.9 Å². The molecule has 0 aliphatic carbocycles. The van der Waals surface area contributed by atoms with E-state index in [4.69, 9.17) is 9.47 Å². The van der Waals surface area contributed by atoms with Crippen molar-refractivity contribution in [1.82, 2.24) is 0 Å². The maximum atomic E-state index is 12.7. The average molecular weight is 496 g/mol. The Labute approximate surface area is 184 Å². The molecule has 0 aliphatic rings. The predicted molar refractivity (Wildman–Crippen MR) is 115 cm³/mol.